The average Bonchev–Trinajstić information content (AvgIpc) is 2.83. The fourth-order valence-electron chi connectivity index (χ4n) is 4.12. The molecule has 1 fully saturated rings. The highest BCUT2D eigenvalue weighted by atomic mass is 19.1. The third-order valence-electron chi connectivity index (χ3n) is 5.69. The summed E-state index contributed by atoms with van der Waals surface area (Å²) < 4.78 is 39.3. The van der Waals surface area contributed by atoms with E-state index in [0.717, 1.165) is 12.1 Å². The van der Waals surface area contributed by atoms with Gasteiger partial charge in [0.05, 0.1) is 30.2 Å². The molecule has 10 heteroatoms. The number of Topliss-reactive ketones (excluding diaryl/α,β-unsaturated/α-hetero) is 1. The highest BCUT2D eigenvalue weighted by molar-refractivity contribution is 6.07. The van der Waals surface area contributed by atoms with Crippen molar-refractivity contribution in [2.45, 2.75) is 6.92 Å². The molecule has 3 heterocycles. The van der Waals surface area contributed by atoms with E-state index in [1.54, 1.807) is 18.2 Å². The average molecular weight is 478 g/mol. The van der Waals surface area contributed by atoms with Crippen LogP contribution in [0.3, 0.4) is 0 Å². The maximum absolute atomic E-state index is 14.2. The predicted octanol–water partition coefficient (Wildman–Crippen LogP) is 4.31. The van der Waals surface area contributed by atoms with E-state index >= 15 is 0 Å². The zero-order chi connectivity index (χ0) is 24.5. The summed E-state index contributed by atoms with van der Waals surface area (Å²) in [5.74, 6) is -1.76. The smallest absolute Gasteiger partial charge is 0.349 e. The number of aromatic nitrogens is 2. The van der Waals surface area contributed by atoms with Gasteiger partial charge in [0.2, 0.25) is 5.95 Å². The summed E-state index contributed by atoms with van der Waals surface area (Å²) in [4.78, 5) is 35.3. The molecule has 8 nitrogen and oxygen atoms in total. The molecule has 1 aliphatic heterocycles. The lowest BCUT2D eigenvalue weighted by atomic mass is 10.1. The van der Waals surface area contributed by atoms with E-state index in [0.29, 0.717) is 43.1 Å². The number of anilines is 3. The lowest BCUT2D eigenvalue weighted by Crippen LogP contribution is -2.38. The van der Waals surface area contributed by atoms with Gasteiger partial charge in [0, 0.05) is 36.4 Å². The summed E-state index contributed by atoms with van der Waals surface area (Å²) >= 11 is 0. The van der Waals surface area contributed by atoms with Crippen molar-refractivity contribution in [1.29, 1.82) is 0 Å². The van der Waals surface area contributed by atoms with Crippen molar-refractivity contribution < 1.29 is 22.7 Å². The Bertz CT molecular complexity index is 1480. The summed E-state index contributed by atoms with van der Waals surface area (Å²) in [6, 6.07) is 10.0. The van der Waals surface area contributed by atoms with Crippen molar-refractivity contribution in [3.63, 3.8) is 0 Å². The van der Waals surface area contributed by atoms with Crippen LogP contribution in [0, 0.1) is 11.6 Å². The van der Waals surface area contributed by atoms with Crippen LogP contribution in [-0.2, 0) is 4.74 Å². The van der Waals surface area contributed by atoms with Crippen molar-refractivity contribution in [2.24, 2.45) is 0 Å². The normalized spacial score (nSPS) is 13.7. The van der Waals surface area contributed by atoms with Crippen molar-refractivity contribution in [3.8, 4) is 11.3 Å². The van der Waals surface area contributed by atoms with Crippen LogP contribution >= 0.6 is 0 Å². The second-order valence-electron chi connectivity index (χ2n) is 7.97. The zero-order valence-corrected chi connectivity index (χ0v) is 18.7. The number of nitrogens with one attached hydrogen (secondary N) is 1. The Morgan fingerprint density at radius 2 is 1.83 bits per heavy atom. The molecule has 1 N–H and O–H groups in total. The zero-order valence-electron chi connectivity index (χ0n) is 18.7. The minimum absolute atomic E-state index is 0.00283. The minimum atomic E-state index is -0.737. The number of carbonyl (C=O) groups is 1. The first-order valence-electron chi connectivity index (χ1n) is 10.9. The third-order valence-corrected chi connectivity index (χ3v) is 5.69. The van der Waals surface area contributed by atoms with E-state index in [2.05, 4.69) is 15.3 Å². The Balaban J connectivity index is 1.54. The van der Waals surface area contributed by atoms with E-state index in [1.807, 2.05) is 4.90 Å². The second kappa shape index (κ2) is 9.22. The Morgan fingerprint density at radius 3 is 2.54 bits per heavy atom. The highest BCUT2D eigenvalue weighted by Gasteiger charge is 2.24. The molecule has 5 rings (SSSR count). The van der Waals surface area contributed by atoms with Gasteiger partial charge in [-0.05, 0) is 37.3 Å². The van der Waals surface area contributed by atoms with Crippen molar-refractivity contribution in [1.82, 2.24) is 9.97 Å². The number of hydrogen-bond acceptors (Lipinski definition) is 8. The Labute approximate surface area is 198 Å². The number of halogens is 2. The maximum atomic E-state index is 14.2. The standard InChI is InChI=1S/C25H20F2N4O4/c1-14(32)21-23(31-9-11-34-12-10-31)16-6-5-15(13-20(16)35-24(21)33)29-25-28-8-7-19(30-25)22-17(26)3-2-4-18(22)27/h2-8,13H,9-12H2,1H3,(H,28,29,30). The quantitative estimate of drug-likeness (QED) is 0.335. The Hall–Kier alpha value is -4.18. The summed E-state index contributed by atoms with van der Waals surface area (Å²) in [6.07, 6.45) is 1.38. The Kier molecular flexibility index (Phi) is 5.96. The largest absolute Gasteiger partial charge is 0.422 e. The fourth-order valence-corrected chi connectivity index (χ4v) is 4.12. The van der Waals surface area contributed by atoms with Gasteiger partial charge in [-0.15, -0.1) is 0 Å². The van der Waals surface area contributed by atoms with E-state index in [1.165, 1.54) is 25.3 Å². The van der Waals surface area contributed by atoms with Gasteiger partial charge < -0.3 is 19.4 Å². The molecule has 4 aromatic rings. The van der Waals surface area contributed by atoms with Crippen molar-refractivity contribution in [3.05, 3.63) is 76.3 Å². The molecule has 1 saturated heterocycles. The first kappa shape index (κ1) is 22.6. The number of fused-ring (bicyclic) bond motifs is 1. The van der Waals surface area contributed by atoms with Gasteiger partial charge >= 0.3 is 5.63 Å². The second-order valence-corrected chi connectivity index (χ2v) is 7.97. The van der Waals surface area contributed by atoms with Gasteiger partial charge in [0.15, 0.2) is 5.78 Å². The first-order chi connectivity index (χ1) is 16.9. The van der Waals surface area contributed by atoms with Gasteiger partial charge in [0.25, 0.3) is 0 Å². The number of ketones is 1. The molecule has 0 atom stereocenters. The van der Waals surface area contributed by atoms with E-state index in [9.17, 15) is 18.4 Å². The maximum Gasteiger partial charge on any atom is 0.349 e. The van der Waals surface area contributed by atoms with Crippen LogP contribution in [0.15, 0.2) is 57.9 Å². The molecule has 35 heavy (non-hydrogen) atoms. The molecule has 2 aromatic carbocycles. The van der Waals surface area contributed by atoms with Crippen LogP contribution in [0.4, 0.5) is 26.1 Å². The molecule has 0 amide bonds. The number of morpholine rings is 1. The van der Waals surface area contributed by atoms with Crippen LogP contribution < -0.4 is 15.8 Å². The molecule has 0 aliphatic carbocycles. The van der Waals surface area contributed by atoms with Crippen LogP contribution in [-0.4, -0.2) is 42.1 Å². The monoisotopic (exact) mass is 478 g/mol. The third kappa shape index (κ3) is 4.35. The molecule has 0 unspecified atom stereocenters. The van der Waals surface area contributed by atoms with Gasteiger partial charge in [-0.2, -0.15) is 0 Å². The van der Waals surface area contributed by atoms with E-state index < -0.39 is 17.3 Å². The summed E-state index contributed by atoms with van der Waals surface area (Å²) in [5, 5.41) is 3.57. The van der Waals surface area contributed by atoms with Crippen LogP contribution in [0.25, 0.3) is 22.2 Å². The number of rotatable bonds is 5. The van der Waals surface area contributed by atoms with Gasteiger partial charge in [-0.3, -0.25) is 4.79 Å². The van der Waals surface area contributed by atoms with E-state index in [-0.39, 0.29) is 34.1 Å². The topological polar surface area (TPSA) is 97.6 Å². The molecule has 0 bridgehead atoms. The summed E-state index contributed by atoms with van der Waals surface area (Å²) in [6.45, 7) is 3.36. The summed E-state index contributed by atoms with van der Waals surface area (Å²) in [5.41, 5.74) is 0.366. The molecular formula is C25H20F2N4O4. The molecule has 2 aromatic heterocycles. The van der Waals surface area contributed by atoms with Crippen LogP contribution in [0.5, 0.6) is 0 Å². The number of carbonyl (C=O) groups excluding carboxylic acids is 1. The number of benzene rings is 2. The molecular weight excluding hydrogens is 458 g/mol. The van der Waals surface area contributed by atoms with Crippen LogP contribution in [0.1, 0.15) is 17.3 Å². The van der Waals surface area contributed by atoms with E-state index in [4.69, 9.17) is 9.15 Å². The summed E-state index contributed by atoms with van der Waals surface area (Å²) in [7, 11) is 0. The number of hydrogen-bond donors (Lipinski definition) is 1. The predicted molar refractivity (Wildman–Crippen MR) is 126 cm³/mol. The Morgan fingerprint density at radius 1 is 1.09 bits per heavy atom. The van der Waals surface area contributed by atoms with Gasteiger partial charge in [-0.1, -0.05) is 6.07 Å². The number of ether oxygens (including phenoxy) is 1. The first-order valence-corrected chi connectivity index (χ1v) is 10.9. The van der Waals surface area contributed by atoms with Crippen LogP contribution in [0.2, 0.25) is 0 Å². The lowest BCUT2D eigenvalue weighted by molar-refractivity contribution is 0.101. The highest BCUT2D eigenvalue weighted by Crippen LogP contribution is 2.32. The van der Waals surface area contributed by atoms with Gasteiger partial charge in [0.1, 0.15) is 22.8 Å². The van der Waals surface area contributed by atoms with Crippen molar-refractivity contribution >= 4 is 34.1 Å². The number of nitrogens with zero attached hydrogens (tertiary/aromatic N) is 3. The minimum Gasteiger partial charge on any atom is -0.422 e. The molecule has 178 valence electrons. The van der Waals surface area contributed by atoms with Gasteiger partial charge in [-0.25, -0.2) is 23.5 Å². The fraction of sp³-hybridized carbons (Fsp3) is 0.200. The molecule has 0 saturated carbocycles. The SMILES string of the molecule is CC(=O)c1c(N2CCOCC2)c2ccc(Nc3nccc(-c4c(F)cccc4F)n3)cc2oc1=O. The van der Waals surface area contributed by atoms with Crippen molar-refractivity contribution in [2.75, 3.05) is 36.5 Å². The lowest BCUT2D eigenvalue weighted by Gasteiger charge is -2.30. The molecule has 0 radical (unpaired) electrons. The molecule has 1 aliphatic rings. The molecule has 0 spiro atoms.